The molecule has 7 heteroatoms. The first-order valence-electron chi connectivity index (χ1n) is 9.22. The number of urea groups is 1. The van der Waals surface area contributed by atoms with Gasteiger partial charge >= 0.3 is 12.0 Å². The molecule has 0 radical (unpaired) electrons. The van der Waals surface area contributed by atoms with Crippen molar-refractivity contribution in [3.05, 3.63) is 30.3 Å². The lowest BCUT2D eigenvalue weighted by Gasteiger charge is -2.42. The summed E-state index contributed by atoms with van der Waals surface area (Å²) in [6.07, 6.45) is 2.50. The number of amides is 2. The number of benzene rings is 1. The molecule has 3 N–H and O–H groups in total. The minimum absolute atomic E-state index is 0.0642. The van der Waals surface area contributed by atoms with Crippen LogP contribution in [0.2, 0.25) is 0 Å². The van der Waals surface area contributed by atoms with Crippen molar-refractivity contribution in [2.45, 2.75) is 56.1 Å². The molecule has 6 nitrogen and oxygen atoms in total. The van der Waals surface area contributed by atoms with Crippen molar-refractivity contribution in [2.75, 3.05) is 18.8 Å². The molecule has 0 spiro atoms. The quantitative estimate of drug-likeness (QED) is 0.545. The minimum Gasteiger partial charge on any atom is -0.480 e. The number of rotatable bonds is 10. The number of carboxylic acids is 1. The molecule has 2 rings (SSSR count). The topological polar surface area (TPSA) is 81.7 Å². The van der Waals surface area contributed by atoms with Crippen LogP contribution in [0, 0.1) is 0 Å². The molecular formula is C19H29N3O3S. The predicted molar refractivity (Wildman–Crippen MR) is 105 cm³/mol. The summed E-state index contributed by atoms with van der Waals surface area (Å²) in [5, 5.41) is 15.0. The van der Waals surface area contributed by atoms with E-state index < -0.39 is 5.97 Å². The van der Waals surface area contributed by atoms with E-state index in [-0.39, 0.29) is 30.7 Å². The zero-order chi connectivity index (χ0) is 18.9. The van der Waals surface area contributed by atoms with Crippen molar-refractivity contribution in [3.63, 3.8) is 0 Å². The number of aliphatic carboxylic acids is 1. The SMILES string of the molecule is CCC(CSc1ccccc1)NC(=O)NC1CC(N(CC)CC(=O)O)C1. The Morgan fingerprint density at radius 2 is 1.96 bits per heavy atom. The highest BCUT2D eigenvalue weighted by Crippen LogP contribution is 2.25. The maximum absolute atomic E-state index is 12.2. The van der Waals surface area contributed by atoms with Gasteiger partial charge in [-0.15, -0.1) is 11.8 Å². The summed E-state index contributed by atoms with van der Waals surface area (Å²) in [5.74, 6) is 0.0337. The first-order valence-corrected chi connectivity index (χ1v) is 10.2. The third kappa shape index (κ3) is 6.53. The van der Waals surface area contributed by atoms with E-state index in [1.165, 1.54) is 4.90 Å². The van der Waals surface area contributed by atoms with Crippen LogP contribution in [0.5, 0.6) is 0 Å². The second-order valence-corrected chi connectivity index (χ2v) is 7.72. The second kappa shape index (κ2) is 10.4. The van der Waals surface area contributed by atoms with Gasteiger partial charge in [0.15, 0.2) is 0 Å². The standard InChI is InChI=1S/C19H29N3O3S/c1-3-14(13-26-17-8-6-5-7-9-17)20-19(25)21-15-10-16(11-15)22(4-2)12-18(23)24/h5-9,14-16H,3-4,10-13H2,1-2H3,(H,23,24)(H2,20,21,25). The fourth-order valence-electron chi connectivity index (χ4n) is 3.06. The van der Waals surface area contributed by atoms with Gasteiger partial charge in [0, 0.05) is 28.8 Å². The Hall–Kier alpha value is -1.73. The highest BCUT2D eigenvalue weighted by molar-refractivity contribution is 7.99. The largest absolute Gasteiger partial charge is 0.480 e. The number of nitrogens with one attached hydrogen (secondary N) is 2. The molecule has 0 saturated heterocycles. The monoisotopic (exact) mass is 379 g/mol. The van der Waals surface area contributed by atoms with Gasteiger partial charge in [-0.2, -0.15) is 0 Å². The Kier molecular flexibility index (Phi) is 8.25. The van der Waals surface area contributed by atoms with Gasteiger partial charge in [-0.3, -0.25) is 9.69 Å². The summed E-state index contributed by atoms with van der Waals surface area (Å²) in [4.78, 5) is 26.2. The molecule has 0 aromatic heterocycles. The van der Waals surface area contributed by atoms with Crippen LogP contribution in [0.4, 0.5) is 4.79 Å². The number of likely N-dealkylation sites (N-methyl/N-ethyl adjacent to an activating group) is 1. The van der Waals surface area contributed by atoms with Crippen LogP contribution < -0.4 is 10.6 Å². The lowest BCUT2D eigenvalue weighted by molar-refractivity contribution is -0.139. The number of carbonyl (C=O) groups excluding carboxylic acids is 1. The Labute approximate surface area is 159 Å². The van der Waals surface area contributed by atoms with Crippen molar-refractivity contribution in [2.24, 2.45) is 0 Å². The van der Waals surface area contributed by atoms with E-state index in [0.29, 0.717) is 6.54 Å². The predicted octanol–water partition coefficient (Wildman–Crippen LogP) is 2.79. The van der Waals surface area contributed by atoms with E-state index in [9.17, 15) is 9.59 Å². The Morgan fingerprint density at radius 3 is 2.54 bits per heavy atom. The Morgan fingerprint density at radius 1 is 1.27 bits per heavy atom. The van der Waals surface area contributed by atoms with Crippen molar-refractivity contribution in [3.8, 4) is 0 Å². The van der Waals surface area contributed by atoms with E-state index in [1.807, 2.05) is 30.0 Å². The maximum Gasteiger partial charge on any atom is 0.317 e. The van der Waals surface area contributed by atoms with Crippen LogP contribution in [0.15, 0.2) is 35.2 Å². The molecule has 1 saturated carbocycles. The molecule has 2 amide bonds. The molecule has 1 unspecified atom stereocenters. The average Bonchev–Trinajstić information content (AvgIpc) is 2.60. The van der Waals surface area contributed by atoms with Gasteiger partial charge in [0.2, 0.25) is 0 Å². The van der Waals surface area contributed by atoms with Gasteiger partial charge in [0.25, 0.3) is 0 Å². The average molecular weight is 380 g/mol. The smallest absolute Gasteiger partial charge is 0.317 e. The van der Waals surface area contributed by atoms with Crippen LogP contribution in [-0.4, -0.2) is 59.0 Å². The number of nitrogens with zero attached hydrogens (tertiary/aromatic N) is 1. The fourth-order valence-corrected chi connectivity index (χ4v) is 4.13. The third-order valence-electron chi connectivity index (χ3n) is 4.73. The number of hydrogen-bond acceptors (Lipinski definition) is 4. The molecule has 0 heterocycles. The van der Waals surface area contributed by atoms with Crippen molar-refractivity contribution >= 4 is 23.8 Å². The van der Waals surface area contributed by atoms with Crippen LogP contribution in [0.25, 0.3) is 0 Å². The van der Waals surface area contributed by atoms with Crippen LogP contribution >= 0.6 is 11.8 Å². The maximum atomic E-state index is 12.2. The minimum atomic E-state index is -0.803. The van der Waals surface area contributed by atoms with E-state index in [4.69, 9.17) is 5.11 Å². The molecular weight excluding hydrogens is 350 g/mol. The van der Waals surface area contributed by atoms with Crippen molar-refractivity contribution in [1.82, 2.24) is 15.5 Å². The number of carbonyl (C=O) groups is 2. The van der Waals surface area contributed by atoms with Gasteiger partial charge < -0.3 is 15.7 Å². The third-order valence-corrected chi connectivity index (χ3v) is 5.91. The van der Waals surface area contributed by atoms with E-state index >= 15 is 0 Å². The molecule has 1 fully saturated rings. The number of hydrogen-bond donors (Lipinski definition) is 3. The Bertz CT molecular complexity index is 579. The molecule has 26 heavy (non-hydrogen) atoms. The van der Waals surface area contributed by atoms with Crippen molar-refractivity contribution < 1.29 is 14.7 Å². The molecule has 1 aliphatic carbocycles. The molecule has 1 aliphatic rings. The lowest BCUT2D eigenvalue weighted by atomic mass is 9.85. The van der Waals surface area contributed by atoms with Gasteiger partial charge in [-0.05, 0) is 37.9 Å². The molecule has 1 atom stereocenters. The van der Waals surface area contributed by atoms with Gasteiger partial charge in [0.05, 0.1) is 6.54 Å². The Balaban J connectivity index is 1.68. The molecule has 0 aliphatic heterocycles. The van der Waals surface area contributed by atoms with Crippen LogP contribution in [-0.2, 0) is 4.79 Å². The number of thioether (sulfide) groups is 1. The van der Waals surface area contributed by atoms with E-state index in [1.54, 1.807) is 11.8 Å². The first-order chi connectivity index (χ1) is 12.5. The molecule has 1 aromatic carbocycles. The summed E-state index contributed by atoms with van der Waals surface area (Å²) in [6, 6.07) is 10.5. The van der Waals surface area contributed by atoms with Crippen molar-refractivity contribution in [1.29, 1.82) is 0 Å². The molecule has 0 bridgehead atoms. The highest BCUT2D eigenvalue weighted by atomic mass is 32.2. The van der Waals surface area contributed by atoms with Gasteiger partial charge in [-0.25, -0.2) is 4.79 Å². The van der Waals surface area contributed by atoms with Crippen LogP contribution in [0.3, 0.4) is 0 Å². The van der Waals surface area contributed by atoms with Gasteiger partial charge in [-0.1, -0.05) is 32.0 Å². The number of carboxylic acid groups (broad SMARTS) is 1. The first kappa shape index (κ1) is 20.6. The highest BCUT2D eigenvalue weighted by Gasteiger charge is 2.34. The summed E-state index contributed by atoms with van der Waals surface area (Å²) in [5.41, 5.74) is 0. The summed E-state index contributed by atoms with van der Waals surface area (Å²) >= 11 is 1.74. The summed E-state index contributed by atoms with van der Waals surface area (Å²) in [6.45, 7) is 4.81. The fraction of sp³-hybridized carbons (Fsp3) is 0.579. The zero-order valence-corrected chi connectivity index (χ0v) is 16.3. The normalized spacial score (nSPS) is 20.3. The second-order valence-electron chi connectivity index (χ2n) is 6.63. The molecule has 1 aromatic rings. The lowest BCUT2D eigenvalue weighted by Crippen LogP contribution is -2.57. The summed E-state index contributed by atoms with van der Waals surface area (Å²) in [7, 11) is 0. The summed E-state index contributed by atoms with van der Waals surface area (Å²) < 4.78 is 0. The van der Waals surface area contributed by atoms with Crippen LogP contribution in [0.1, 0.15) is 33.1 Å². The van der Waals surface area contributed by atoms with Gasteiger partial charge in [0.1, 0.15) is 0 Å². The zero-order valence-electron chi connectivity index (χ0n) is 15.5. The van der Waals surface area contributed by atoms with E-state index in [2.05, 4.69) is 29.7 Å². The van der Waals surface area contributed by atoms with E-state index in [0.717, 1.165) is 25.0 Å². The molecule has 144 valence electrons.